The standard InChI is InChI=1S/C22H23N5O/c1-2-4-17(5-3-1)21-22(20-7-6-19(28-20)18-10-13-25-26-18)27(15-24-21)14-16-8-11-23-12-9-16/h1-7,10,13,15-16,23H,8-9,11-12,14H2,(H,25,26). The van der Waals surface area contributed by atoms with Crippen molar-refractivity contribution < 1.29 is 4.42 Å². The number of aromatic amines is 1. The molecule has 1 aliphatic heterocycles. The van der Waals surface area contributed by atoms with Gasteiger partial charge >= 0.3 is 0 Å². The normalized spacial score (nSPS) is 15.1. The Bertz CT molecular complexity index is 1030. The molecule has 6 nitrogen and oxygen atoms in total. The molecule has 0 amide bonds. The van der Waals surface area contributed by atoms with Crippen molar-refractivity contribution in [3.8, 4) is 34.2 Å². The van der Waals surface area contributed by atoms with Crippen molar-refractivity contribution in [3.05, 3.63) is 61.1 Å². The average molecular weight is 373 g/mol. The van der Waals surface area contributed by atoms with Crippen LogP contribution >= 0.6 is 0 Å². The van der Waals surface area contributed by atoms with Gasteiger partial charge in [-0.3, -0.25) is 5.10 Å². The van der Waals surface area contributed by atoms with Crippen LogP contribution in [0.25, 0.3) is 34.2 Å². The number of imidazole rings is 1. The second kappa shape index (κ2) is 7.48. The molecule has 0 bridgehead atoms. The minimum Gasteiger partial charge on any atom is -0.453 e. The Balaban J connectivity index is 1.56. The largest absolute Gasteiger partial charge is 0.453 e. The van der Waals surface area contributed by atoms with Crippen LogP contribution in [0, 0.1) is 5.92 Å². The van der Waals surface area contributed by atoms with Gasteiger partial charge in [0.2, 0.25) is 0 Å². The number of benzene rings is 1. The Morgan fingerprint density at radius 3 is 2.61 bits per heavy atom. The second-order valence-electron chi connectivity index (χ2n) is 7.29. The van der Waals surface area contributed by atoms with Gasteiger partial charge in [0.25, 0.3) is 0 Å². The van der Waals surface area contributed by atoms with Crippen LogP contribution in [0.5, 0.6) is 0 Å². The molecule has 6 heteroatoms. The van der Waals surface area contributed by atoms with Gasteiger partial charge in [0.05, 0.1) is 12.0 Å². The van der Waals surface area contributed by atoms with E-state index >= 15 is 0 Å². The summed E-state index contributed by atoms with van der Waals surface area (Å²) in [6.45, 7) is 3.13. The molecular formula is C22H23N5O. The van der Waals surface area contributed by atoms with E-state index in [-0.39, 0.29) is 0 Å². The van der Waals surface area contributed by atoms with Crippen LogP contribution in [-0.4, -0.2) is 32.8 Å². The van der Waals surface area contributed by atoms with E-state index in [1.807, 2.05) is 42.7 Å². The molecule has 0 unspecified atom stereocenters. The third-order valence-electron chi connectivity index (χ3n) is 5.40. The molecule has 142 valence electrons. The third-order valence-corrected chi connectivity index (χ3v) is 5.40. The molecule has 4 heterocycles. The maximum atomic E-state index is 6.22. The molecule has 1 aromatic carbocycles. The Kier molecular flexibility index (Phi) is 4.54. The van der Waals surface area contributed by atoms with E-state index in [2.05, 4.69) is 32.2 Å². The molecule has 1 aliphatic rings. The van der Waals surface area contributed by atoms with E-state index in [0.717, 1.165) is 53.8 Å². The predicted molar refractivity (Wildman–Crippen MR) is 109 cm³/mol. The summed E-state index contributed by atoms with van der Waals surface area (Å²) in [5, 5.41) is 10.4. The molecule has 0 atom stereocenters. The minimum absolute atomic E-state index is 0.653. The van der Waals surface area contributed by atoms with Gasteiger partial charge < -0.3 is 14.3 Å². The summed E-state index contributed by atoms with van der Waals surface area (Å²) in [6, 6.07) is 16.2. The van der Waals surface area contributed by atoms with E-state index in [4.69, 9.17) is 9.40 Å². The van der Waals surface area contributed by atoms with Crippen LogP contribution in [0.4, 0.5) is 0 Å². The van der Waals surface area contributed by atoms with Crippen LogP contribution in [0.2, 0.25) is 0 Å². The van der Waals surface area contributed by atoms with Crippen molar-refractivity contribution in [2.45, 2.75) is 19.4 Å². The van der Waals surface area contributed by atoms with Gasteiger partial charge in [0.1, 0.15) is 11.4 Å². The van der Waals surface area contributed by atoms with Crippen LogP contribution < -0.4 is 5.32 Å². The quantitative estimate of drug-likeness (QED) is 0.550. The van der Waals surface area contributed by atoms with E-state index < -0.39 is 0 Å². The SMILES string of the molecule is c1ccc(-c2ncn(CC3CCNCC3)c2-c2ccc(-c3ccn[nH]3)o2)cc1. The maximum absolute atomic E-state index is 6.22. The number of nitrogens with one attached hydrogen (secondary N) is 2. The molecule has 2 N–H and O–H groups in total. The first kappa shape index (κ1) is 17.0. The van der Waals surface area contributed by atoms with Crippen LogP contribution in [-0.2, 0) is 6.54 Å². The first-order chi connectivity index (χ1) is 13.9. The van der Waals surface area contributed by atoms with Crippen molar-refractivity contribution in [3.63, 3.8) is 0 Å². The molecule has 28 heavy (non-hydrogen) atoms. The van der Waals surface area contributed by atoms with Gasteiger partial charge in [-0.05, 0) is 50.0 Å². The molecule has 0 aliphatic carbocycles. The Hall–Kier alpha value is -3.12. The lowest BCUT2D eigenvalue weighted by Gasteiger charge is -2.23. The number of H-pyrrole nitrogens is 1. The Labute approximate surface area is 163 Å². The lowest BCUT2D eigenvalue weighted by Crippen LogP contribution is -2.29. The van der Waals surface area contributed by atoms with Crippen molar-refractivity contribution in [1.29, 1.82) is 0 Å². The number of hydrogen-bond acceptors (Lipinski definition) is 4. The predicted octanol–water partition coefficient (Wildman–Crippen LogP) is 4.20. The summed E-state index contributed by atoms with van der Waals surface area (Å²) in [5.41, 5.74) is 3.97. The summed E-state index contributed by atoms with van der Waals surface area (Å²) in [5.74, 6) is 2.26. The van der Waals surface area contributed by atoms with Gasteiger partial charge in [0, 0.05) is 18.3 Å². The molecule has 0 radical (unpaired) electrons. The lowest BCUT2D eigenvalue weighted by atomic mass is 9.98. The number of furan rings is 1. The first-order valence-electron chi connectivity index (χ1n) is 9.80. The Morgan fingerprint density at radius 2 is 1.82 bits per heavy atom. The monoisotopic (exact) mass is 373 g/mol. The molecule has 4 aromatic rings. The highest BCUT2D eigenvalue weighted by Gasteiger charge is 2.22. The van der Waals surface area contributed by atoms with Crippen LogP contribution in [0.3, 0.4) is 0 Å². The zero-order valence-electron chi connectivity index (χ0n) is 15.6. The smallest absolute Gasteiger partial charge is 0.153 e. The fourth-order valence-corrected chi connectivity index (χ4v) is 3.93. The van der Waals surface area contributed by atoms with Gasteiger partial charge in [0.15, 0.2) is 11.5 Å². The molecule has 5 rings (SSSR count). The topological polar surface area (TPSA) is 71.7 Å². The van der Waals surface area contributed by atoms with Crippen LogP contribution in [0.1, 0.15) is 12.8 Å². The van der Waals surface area contributed by atoms with Crippen molar-refractivity contribution >= 4 is 0 Å². The molecule has 3 aromatic heterocycles. The summed E-state index contributed by atoms with van der Waals surface area (Å²) in [4.78, 5) is 4.77. The van der Waals surface area contributed by atoms with E-state index in [0.29, 0.717) is 5.92 Å². The fraction of sp³-hybridized carbons (Fsp3) is 0.273. The number of rotatable bonds is 5. The number of nitrogens with zero attached hydrogens (tertiary/aromatic N) is 3. The van der Waals surface area contributed by atoms with Gasteiger partial charge in [-0.15, -0.1) is 0 Å². The fourth-order valence-electron chi connectivity index (χ4n) is 3.93. The molecule has 0 saturated carbocycles. The molecule has 0 spiro atoms. The zero-order chi connectivity index (χ0) is 18.8. The van der Waals surface area contributed by atoms with Gasteiger partial charge in [-0.25, -0.2) is 4.98 Å². The lowest BCUT2D eigenvalue weighted by molar-refractivity contribution is 0.333. The zero-order valence-corrected chi connectivity index (χ0v) is 15.6. The third kappa shape index (κ3) is 3.27. The maximum Gasteiger partial charge on any atom is 0.153 e. The Morgan fingerprint density at radius 1 is 1.00 bits per heavy atom. The van der Waals surface area contributed by atoms with Crippen molar-refractivity contribution in [2.24, 2.45) is 5.92 Å². The number of piperidine rings is 1. The molecule has 1 saturated heterocycles. The molecular weight excluding hydrogens is 350 g/mol. The van der Waals surface area contributed by atoms with Gasteiger partial charge in [-0.1, -0.05) is 30.3 Å². The summed E-state index contributed by atoms with van der Waals surface area (Å²) in [7, 11) is 0. The second-order valence-corrected chi connectivity index (χ2v) is 7.29. The average Bonchev–Trinajstić information content (AvgIpc) is 3.49. The highest BCUT2D eigenvalue weighted by Crippen LogP contribution is 2.35. The van der Waals surface area contributed by atoms with Crippen molar-refractivity contribution in [2.75, 3.05) is 13.1 Å². The minimum atomic E-state index is 0.653. The van der Waals surface area contributed by atoms with E-state index in [9.17, 15) is 0 Å². The van der Waals surface area contributed by atoms with Crippen LogP contribution in [0.15, 0.2) is 65.5 Å². The van der Waals surface area contributed by atoms with E-state index in [1.54, 1.807) is 6.20 Å². The number of hydrogen-bond donors (Lipinski definition) is 2. The summed E-state index contributed by atoms with van der Waals surface area (Å²) in [6.07, 6.45) is 6.07. The highest BCUT2D eigenvalue weighted by atomic mass is 16.3. The van der Waals surface area contributed by atoms with Crippen molar-refractivity contribution in [1.82, 2.24) is 25.1 Å². The van der Waals surface area contributed by atoms with E-state index in [1.165, 1.54) is 12.8 Å². The number of aromatic nitrogens is 4. The molecule has 1 fully saturated rings. The van der Waals surface area contributed by atoms with Gasteiger partial charge in [-0.2, -0.15) is 5.10 Å². The highest BCUT2D eigenvalue weighted by molar-refractivity contribution is 5.77. The summed E-state index contributed by atoms with van der Waals surface area (Å²) >= 11 is 0. The summed E-state index contributed by atoms with van der Waals surface area (Å²) < 4.78 is 8.48. The first-order valence-corrected chi connectivity index (χ1v) is 9.80.